The van der Waals surface area contributed by atoms with Crippen molar-refractivity contribution in [2.45, 2.75) is 32.5 Å². The average Bonchev–Trinajstić information content (AvgIpc) is 2.91. The number of benzene rings is 1. The summed E-state index contributed by atoms with van der Waals surface area (Å²) < 4.78 is 41.0. The summed E-state index contributed by atoms with van der Waals surface area (Å²) in [5.41, 5.74) is 1.75. The first-order chi connectivity index (χ1) is 19.9. The number of aliphatic imine (C=N–C) groups is 4. The van der Waals surface area contributed by atoms with Gasteiger partial charge in [-0.2, -0.15) is 13.2 Å². The van der Waals surface area contributed by atoms with Crippen LogP contribution in [0.5, 0.6) is 0 Å². The first-order valence-corrected chi connectivity index (χ1v) is 13.2. The monoisotopic (exact) mass is 583 g/mol. The summed E-state index contributed by atoms with van der Waals surface area (Å²) in [5.74, 6) is 0.507. The highest BCUT2D eigenvalue weighted by Gasteiger charge is 2.32. The summed E-state index contributed by atoms with van der Waals surface area (Å²) in [6, 6.07) is 4.58. The maximum atomic E-state index is 13.7. The fourth-order valence-electron chi connectivity index (χ4n) is 3.68. The Balaban J connectivity index is 1.82. The number of anilines is 1. The number of nitrogens with zero attached hydrogens (tertiary/aromatic N) is 6. The van der Waals surface area contributed by atoms with Crippen LogP contribution in [0.4, 0.5) is 18.9 Å². The summed E-state index contributed by atoms with van der Waals surface area (Å²) in [6.07, 6.45) is 2.33. The summed E-state index contributed by atoms with van der Waals surface area (Å²) in [4.78, 5) is 33.7. The van der Waals surface area contributed by atoms with Crippen molar-refractivity contribution in [3.8, 4) is 0 Å². The van der Waals surface area contributed by atoms with Crippen LogP contribution in [0, 0.1) is 6.92 Å². The Labute approximate surface area is 243 Å². The van der Waals surface area contributed by atoms with E-state index in [-0.39, 0.29) is 12.1 Å². The van der Waals surface area contributed by atoms with E-state index in [4.69, 9.17) is 0 Å². The van der Waals surface area contributed by atoms with Crippen LogP contribution < -0.4 is 16.0 Å². The van der Waals surface area contributed by atoms with Crippen molar-refractivity contribution in [2.24, 2.45) is 20.0 Å². The zero-order valence-corrected chi connectivity index (χ0v) is 24.2. The molecule has 13 heteroatoms. The van der Waals surface area contributed by atoms with Crippen LogP contribution in [0.3, 0.4) is 0 Å². The Morgan fingerprint density at radius 2 is 2.05 bits per heavy atom. The summed E-state index contributed by atoms with van der Waals surface area (Å²) >= 11 is 0. The van der Waals surface area contributed by atoms with Gasteiger partial charge in [0, 0.05) is 36.5 Å². The third kappa shape index (κ3) is 8.82. The van der Waals surface area contributed by atoms with Crippen molar-refractivity contribution in [1.82, 2.24) is 20.4 Å². The first kappa shape index (κ1) is 32.2. The van der Waals surface area contributed by atoms with Crippen LogP contribution in [0.25, 0.3) is 0 Å². The normalized spacial score (nSPS) is 18.0. The number of nitrogens with one attached hydrogen (secondary N) is 3. The minimum Gasteiger partial charge on any atom is -0.348 e. The van der Waals surface area contributed by atoms with Gasteiger partial charge in [-0.1, -0.05) is 24.8 Å². The Morgan fingerprint density at radius 1 is 1.31 bits per heavy atom. The lowest BCUT2D eigenvalue weighted by atomic mass is 10.1. The molecule has 42 heavy (non-hydrogen) atoms. The molecule has 1 amide bonds. The summed E-state index contributed by atoms with van der Waals surface area (Å²) in [5, 5.41) is 9.05. The quantitative estimate of drug-likeness (QED) is 0.205. The van der Waals surface area contributed by atoms with Crippen molar-refractivity contribution in [3.05, 3.63) is 76.8 Å². The van der Waals surface area contributed by atoms with Crippen LogP contribution in [0.1, 0.15) is 29.3 Å². The van der Waals surface area contributed by atoms with E-state index in [0.717, 1.165) is 17.7 Å². The average molecular weight is 584 g/mol. The largest absolute Gasteiger partial charge is 0.416 e. The van der Waals surface area contributed by atoms with E-state index in [1.807, 2.05) is 11.8 Å². The Hall–Kier alpha value is -4.36. The number of aryl methyl sites for hydroxylation is 1. The van der Waals surface area contributed by atoms with E-state index in [9.17, 15) is 18.0 Å². The maximum absolute atomic E-state index is 13.7. The molecule has 10 nitrogen and oxygen atoms in total. The van der Waals surface area contributed by atoms with Crippen molar-refractivity contribution in [1.29, 1.82) is 0 Å². The van der Waals surface area contributed by atoms with Gasteiger partial charge in [0.25, 0.3) is 5.91 Å². The van der Waals surface area contributed by atoms with Crippen LogP contribution in [-0.2, 0) is 0 Å². The Bertz CT molecular complexity index is 1370. The van der Waals surface area contributed by atoms with Crippen molar-refractivity contribution >= 4 is 36.8 Å². The number of allylic oxidation sites excluding steroid dienone is 3. The molecule has 0 aliphatic carbocycles. The lowest BCUT2D eigenvalue weighted by Crippen LogP contribution is -2.54. The molecule has 0 saturated carbocycles. The molecular formula is C29H36F3N9O. The van der Waals surface area contributed by atoms with Gasteiger partial charge >= 0.3 is 6.18 Å². The molecule has 1 aromatic carbocycles. The molecule has 1 fully saturated rings. The number of amides is 1. The topological polar surface area (TPSA) is 109 Å². The van der Waals surface area contributed by atoms with Gasteiger partial charge < -0.3 is 20.4 Å². The van der Waals surface area contributed by atoms with Gasteiger partial charge in [0.15, 0.2) is 5.82 Å². The van der Waals surface area contributed by atoms with Crippen LogP contribution in [0.15, 0.2) is 85.6 Å². The molecule has 3 N–H and O–H groups in total. The van der Waals surface area contributed by atoms with Crippen molar-refractivity contribution < 1.29 is 18.0 Å². The minimum atomic E-state index is -4.56. The van der Waals surface area contributed by atoms with Gasteiger partial charge in [-0.25, -0.2) is 15.0 Å². The zero-order chi connectivity index (χ0) is 30.9. The molecule has 2 aliphatic rings. The predicted molar refractivity (Wildman–Crippen MR) is 163 cm³/mol. The second kappa shape index (κ2) is 14.5. The lowest BCUT2D eigenvalue weighted by Gasteiger charge is -2.33. The number of guanidine groups is 1. The maximum Gasteiger partial charge on any atom is 0.416 e. The SMILES string of the molecule is C=C/C(=C\C(=C/C(C)N(C)C)C(F)(F)F)CNC(=O)c1ccc(C)c(NC(/N=C\N=C)=C2/CC=NC(N3CNC3)=N2)c1. The molecular weight excluding hydrogens is 547 g/mol. The number of alkyl halides is 3. The first-order valence-electron chi connectivity index (χ1n) is 13.2. The molecule has 224 valence electrons. The molecule has 1 unspecified atom stereocenters. The predicted octanol–water partition coefficient (Wildman–Crippen LogP) is 4.24. The number of rotatable bonds is 11. The van der Waals surface area contributed by atoms with Gasteiger partial charge in [-0.05, 0) is 64.0 Å². The Morgan fingerprint density at radius 3 is 2.64 bits per heavy atom. The Kier molecular flexibility index (Phi) is 11.1. The van der Waals surface area contributed by atoms with E-state index in [2.05, 4.69) is 49.2 Å². The lowest BCUT2D eigenvalue weighted by molar-refractivity contribution is -0.0887. The molecule has 0 aromatic heterocycles. The van der Waals surface area contributed by atoms with Crippen molar-refractivity contribution in [2.75, 3.05) is 39.3 Å². The number of hydrogen-bond donors (Lipinski definition) is 3. The molecule has 1 aromatic rings. The fourth-order valence-corrected chi connectivity index (χ4v) is 3.68. The fraction of sp³-hybridized carbons (Fsp3) is 0.345. The number of halogens is 3. The highest BCUT2D eigenvalue weighted by Crippen LogP contribution is 2.29. The number of carbonyl (C=O) groups excluding carboxylic acids is 1. The number of likely N-dealkylation sites (N-methyl/N-ethyl adjacent to an activating group) is 1. The molecule has 1 atom stereocenters. The molecule has 1 saturated heterocycles. The molecule has 2 heterocycles. The number of carbonyl (C=O) groups is 1. The smallest absolute Gasteiger partial charge is 0.348 e. The summed E-state index contributed by atoms with van der Waals surface area (Å²) in [7, 11) is 3.39. The van der Waals surface area contributed by atoms with Gasteiger partial charge in [0.2, 0.25) is 5.96 Å². The third-order valence-electron chi connectivity index (χ3n) is 6.53. The van der Waals surface area contributed by atoms with Crippen LogP contribution >= 0.6 is 0 Å². The van der Waals surface area contributed by atoms with E-state index in [0.29, 0.717) is 48.5 Å². The second-order valence-corrected chi connectivity index (χ2v) is 9.84. The van der Waals surface area contributed by atoms with Gasteiger partial charge in [0.1, 0.15) is 6.34 Å². The number of hydrogen-bond acceptors (Lipinski definition) is 8. The van der Waals surface area contributed by atoms with E-state index in [1.54, 1.807) is 50.3 Å². The highest BCUT2D eigenvalue weighted by atomic mass is 19.4. The van der Waals surface area contributed by atoms with Crippen LogP contribution in [0.2, 0.25) is 0 Å². The second-order valence-electron chi connectivity index (χ2n) is 9.84. The van der Waals surface area contributed by atoms with E-state index in [1.165, 1.54) is 12.4 Å². The van der Waals surface area contributed by atoms with Gasteiger partial charge in [-0.15, -0.1) is 0 Å². The zero-order valence-electron chi connectivity index (χ0n) is 24.2. The molecule has 3 rings (SSSR count). The molecule has 0 bridgehead atoms. The molecule has 0 spiro atoms. The standard InChI is InChI=1S/C29H36F3N9O/c1-7-21(13-23(29(30,31)32)12-20(3)40(5)6)15-36-27(42)22-9-8-19(2)25(14-22)38-26(37-16-33-4)24-10-11-35-28(39-24)41-17-34-18-41/h7-9,11-14,16,20,34,38H,1,4,10,15,17-18H2,2-3,5-6H3,(H,36,42)/b21-13+,23-12+,26-24-,37-16-. The summed E-state index contributed by atoms with van der Waals surface area (Å²) in [6.45, 7) is 11.7. The molecule has 0 radical (unpaired) electrons. The van der Waals surface area contributed by atoms with Crippen LogP contribution in [-0.4, -0.2) is 87.1 Å². The van der Waals surface area contributed by atoms with Gasteiger partial charge in [0.05, 0.1) is 24.6 Å². The van der Waals surface area contributed by atoms with E-state index < -0.39 is 23.7 Å². The van der Waals surface area contributed by atoms with Gasteiger partial charge in [-0.3, -0.25) is 15.1 Å². The minimum absolute atomic E-state index is 0.143. The molecule has 2 aliphatic heterocycles. The third-order valence-corrected chi connectivity index (χ3v) is 6.53. The van der Waals surface area contributed by atoms with Crippen molar-refractivity contribution in [3.63, 3.8) is 0 Å². The van der Waals surface area contributed by atoms with E-state index >= 15 is 0 Å². The highest BCUT2D eigenvalue weighted by molar-refractivity contribution is 5.96.